The van der Waals surface area contributed by atoms with Gasteiger partial charge in [-0.1, -0.05) is 35.0 Å². The molecule has 0 saturated heterocycles. The molecule has 0 heterocycles. The second-order valence-electron chi connectivity index (χ2n) is 4.31. The number of hydrogen-bond acceptors (Lipinski definition) is 2. The van der Waals surface area contributed by atoms with E-state index in [-0.39, 0.29) is 5.41 Å². The van der Waals surface area contributed by atoms with Gasteiger partial charge in [0.2, 0.25) is 0 Å². The Labute approximate surface area is 98.1 Å². The highest BCUT2D eigenvalue weighted by Crippen LogP contribution is 2.46. The van der Waals surface area contributed by atoms with Crippen molar-refractivity contribution in [1.29, 1.82) is 0 Å². The van der Waals surface area contributed by atoms with Crippen molar-refractivity contribution in [1.82, 2.24) is 0 Å². The molecule has 0 bridgehead atoms. The van der Waals surface area contributed by atoms with Gasteiger partial charge in [-0.2, -0.15) is 0 Å². The molecule has 2 rings (SSSR count). The summed E-state index contributed by atoms with van der Waals surface area (Å²) in [6, 6.07) is 8.23. The molecule has 15 heavy (non-hydrogen) atoms. The fraction of sp³-hybridized carbons (Fsp3) is 0.417. The van der Waals surface area contributed by atoms with Gasteiger partial charge in [0.15, 0.2) is 0 Å². The van der Waals surface area contributed by atoms with Crippen LogP contribution in [0.2, 0.25) is 0 Å². The van der Waals surface area contributed by atoms with Crippen LogP contribution in [0.4, 0.5) is 0 Å². The minimum absolute atomic E-state index is 0.116. The third kappa shape index (κ3) is 2.07. The Bertz CT molecular complexity index is 370. The van der Waals surface area contributed by atoms with Gasteiger partial charge < -0.3 is 5.21 Å². The van der Waals surface area contributed by atoms with E-state index in [1.165, 1.54) is 18.4 Å². The highest BCUT2D eigenvalue weighted by molar-refractivity contribution is 9.10. The van der Waals surface area contributed by atoms with Gasteiger partial charge in [0.25, 0.3) is 0 Å². The molecule has 1 fully saturated rings. The van der Waals surface area contributed by atoms with Gasteiger partial charge in [0, 0.05) is 9.89 Å². The first-order valence-electron chi connectivity index (χ1n) is 5.11. The molecule has 80 valence electrons. The molecule has 0 amide bonds. The zero-order valence-electron chi connectivity index (χ0n) is 8.65. The minimum Gasteiger partial charge on any atom is -0.411 e. The predicted octanol–water partition coefficient (Wildman–Crippen LogP) is 3.58. The van der Waals surface area contributed by atoms with Crippen molar-refractivity contribution in [2.24, 2.45) is 11.1 Å². The Morgan fingerprint density at radius 1 is 1.40 bits per heavy atom. The zero-order valence-corrected chi connectivity index (χ0v) is 10.2. The van der Waals surface area contributed by atoms with Crippen LogP contribution in [0.1, 0.15) is 25.3 Å². The van der Waals surface area contributed by atoms with Gasteiger partial charge in [0.05, 0.1) is 6.21 Å². The Hall–Kier alpha value is -0.830. The quantitative estimate of drug-likeness (QED) is 0.507. The van der Waals surface area contributed by atoms with E-state index in [4.69, 9.17) is 5.21 Å². The van der Waals surface area contributed by atoms with Crippen LogP contribution >= 0.6 is 15.9 Å². The Kier molecular flexibility index (Phi) is 2.83. The van der Waals surface area contributed by atoms with Crippen molar-refractivity contribution in [3.8, 4) is 0 Å². The smallest absolute Gasteiger partial charge is 0.0541 e. The third-order valence-corrected chi connectivity index (χ3v) is 3.75. The summed E-state index contributed by atoms with van der Waals surface area (Å²) in [5.41, 5.74) is 1.10. The topological polar surface area (TPSA) is 32.6 Å². The van der Waals surface area contributed by atoms with Crippen LogP contribution in [0.25, 0.3) is 0 Å². The van der Waals surface area contributed by atoms with E-state index in [0.717, 1.165) is 4.47 Å². The summed E-state index contributed by atoms with van der Waals surface area (Å²) >= 11 is 3.42. The van der Waals surface area contributed by atoms with Crippen LogP contribution in [0.5, 0.6) is 0 Å². The lowest BCUT2D eigenvalue weighted by Gasteiger charge is -2.24. The van der Waals surface area contributed by atoms with E-state index in [0.29, 0.717) is 5.92 Å². The van der Waals surface area contributed by atoms with Crippen LogP contribution in [0.3, 0.4) is 0 Å². The van der Waals surface area contributed by atoms with E-state index < -0.39 is 0 Å². The first kappa shape index (κ1) is 10.7. The van der Waals surface area contributed by atoms with E-state index in [2.05, 4.69) is 40.1 Å². The molecule has 0 aliphatic heterocycles. The summed E-state index contributed by atoms with van der Waals surface area (Å²) in [5, 5.41) is 12.0. The first-order chi connectivity index (χ1) is 7.16. The molecule has 1 saturated carbocycles. The van der Waals surface area contributed by atoms with Crippen molar-refractivity contribution in [2.75, 3.05) is 0 Å². The number of benzene rings is 1. The molecular formula is C12H14BrNO. The lowest BCUT2D eigenvalue weighted by molar-refractivity contribution is 0.315. The minimum atomic E-state index is -0.116. The van der Waals surface area contributed by atoms with Crippen LogP contribution < -0.4 is 0 Å². The summed E-state index contributed by atoms with van der Waals surface area (Å²) in [4.78, 5) is 0. The molecule has 1 atom stereocenters. The number of nitrogens with zero attached hydrogens (tertiary/aromatic N) is 1. The molecule has 0 radical (unpaired) electrons. The van der Waals surface area contributed by atoms with Gasteiger partial charge in [-0.25, -0.2) is 0 Å². The Balaban J connectivity index is 2.35. The van der Waals surface area contributed by atoms with Crippen molar-refractivity contribution in [3.63, 3.8) is 0 Å². The van der Waals surface area contributed by atoms with E-state index in [9.17, 15) is 0 Å². The van der Waals surface area contributed by atoms with Gasteiger partial charge in [-0.05, 0) is 36.5 Å². The summed E-state index contributed by atoms with van der Waals surface area (Å²) in [6.45, 7) is 2.13. The maximum Gasteiger partial charge on any atom is 0.0541 e. The fourth-order valence-electron chi connectivity index (χ4n) is 2.03. The van der Waals surface area contributed by atoms with E-state index >= 15 is 0 Å². The molecule has 0 aromatic heterocycles. The second kappa shape index (κ2) is 3.97. The molecule has 1 aliphatic carbocycles. The van der Waals surface area contributed by atoms with Crippen molar-refractivity contribution in [2.45, 2.75) is 25.2 Å². The summed E-state index contributed by atoms with van der Waals surface area (Å²) in [6.07, 6.45) is 4.10. The van der Waals surface area contributed by atoms with Crippen LogP contribution in [0.15, 0.2) is 33.9 Å². The van der Waals surface area contributed by atoms with Crippen molar-refractivity contribution >= 4 is 22.1 Å². The standard InChI is InChI=1S/C12H14BrNO/c1-12(8-14-15,9-2-3-9)10-4-6-11(13)7-5-10/h4-9,15H,2-3H2,1H3. The van der Waals surface area contributed by atoms with Crippen molar-refractivity contribution in [3.05, 3.63) is 34.3 Å². The Morgan fingerprint density at radius 2 is 2.00 bits per heavy atom. The maximum absolute atomic E-state index is 8.75. The Morgan fingerprint density at radius 3 is 2.47 bits per heavy atom. The highest BCUT2D eigenvalue weighted by Gasteiger charge is 2.41. The maximum atomic E-state index is 8.75. The number of rotatable bonds is 3. The summed E-state index contributed by atoms with van der Waals surface area (Å²) in [5.74, 6) is 0.620. The second-order valence-corrected chi connectivity index (χ2v) is 5.22. The first-order valence-corrected chi connectivity index (χ1v) is 5.91. The molecule has 3 heteroatoms. The summed E-state index contributed by atoms with van der Waals surface area (Å²) < 4.78 is 1.07. The summed E-state index contributed by atoms with van der Waals surface area (Å²) in [7, 11) is 0. The van der Waals surface area contributed by atoms with Crippen LogP contribution in [0, 0.1) is 5.92 Å². The SMILES string of the molecule is CC(C=NO)(c1ccc(Br)cc1)C1CC1. The van der Waals surface area contributed by atoms with Gasteiger partial charge in [-0.3, -0.25) is 0 Å². The molecule has 2 nitrogen and oxygen atoms in total. The van der Waals surface area contributed by atoms with E-state index in [1.54, 1.807) is 6.21 Å². The molecular weight excluding hydrogens is 254 g/mol. The van der Waals surface area contributed by atoms with Crippen LogP contribution in [-0.2, 0) is 5.41 Å². The molecule has 1 aliphatic rings. The predicted molar refractivity (Wildman–Crippen MR) is 64.5 cm³/mol. The van der Waals surface area contributed by atoms with Gasteiger partial charge >= 0.3 is 0 Å². The fourth-order valence-corrected chi connectivity index (χ4v) is 2.29. The lowest BCUT2D eigenvalue weighted by Crippen LogP contribution is -2.26. The molecule has 1 aromatic rings. The van der Waals surface area contributed by atoms with Crippen molar-refractivity contribution < 1.29 is 5.21 Å². The van der Waals surface area contributed by atoms with Crippen LogP contribution in [-0.4, -0.2) is 11.4 Å². The number of oxime groups is 1. The monoisotopic (exact) mass is 267 g/mol. The normalized spacial score (nSPS) is 20.4. The lowest BCUT2D eigenvalue weighted by atomic mass is 9.79. The number of halogens is 1. The van der Waals surface area contributed by atoms with E-state index in [1.807, 2.05) is 12.1 Å². The van der Waals surface area contributed by atoms with Gasteiger partial charge in [-0.15, -0.1) is 5.16 Å². The average molecular weight is 268 g/mol. The third-order valence-electron chi connectivity index (χ3n) is 3.22. The number of hydrogen-bond donors (Lipinski definition) is 1. The highest BCUT2D eigenvalue weighted by atomic mass is 79.9. The zero-order chi connectivity index (χ0) is 10.9. The average Bonchev–Trinajstić information content (AvgIpc) is 3.02. The molecule has 1 N–H and O–H groups in total. The molecule has 1 aromatic carbocycles. The largest absolute Gasteiger partial charge is 0.411 e. The molecule has 1 unspecified atom stereocenters. The van der Waals surface area contributed by atoms with Gasteiger partial charge in [0.1, 0.15) is 0 Å². The molecule has 0 spiro atoms.